The standard InChI is InChI=1S/C16H24F3N2O5PS/c1-12-3-4-14(15(11-12)28(24,25)16(17,18)19)20-7-2-8-21-9-5-13(6-10-21)26-27(22)23/h3-4,11,13,20,22-23H,2,5-10H2,1H3. The Morgan fingerprint density at radius 3 is 2.50 bits per heavy atom. The van der Waals surface area contributed by atoms with E-state index in [1.807, 2.05) is 0 Å². The largest absolute Gasteiger partial charge is 0.501 e. The summed E-state index contributed by atoms with van der Waals surface area (Å²) in [6.45, 7) is 3.96. The fourth-order valence-corrected chi connectivity index (χ4v) is 4.52. The number of aryl methyl sites for hydroxylation is 1. The van der Waals surface area contributed by atoms with Gasteiger partial charge in [0.2, 0.25) is 0 Å². The molecule has 0 aromatic heterocycles. The quantitative estimate of drug-likeness (QED) is 0.419. The van der Waals surface area contributed by atoms with E-state index in [2.05, 4.69) is 10.2 Å². The van der Waals surface area contributed by atoms with Crippen LogP contribution in [0.5, 0.6) is 0 Å². The fourth-order valence-electron chi connectivity index (χ4n) is 3.02. The Labute approximate surface area is 163 Å². The molecule has 1 fully saturated rings. The van der Waals surface area contributed by atoms with E-state index in [0.717, 1.165) is 6.07 Å². The Morgan fingerprint density at radius 2 is 1.93 bits per heavy atom. The predicted octanol–water partition coefficient (Wildman–Crippen LogP) is 2.78. The minimum atomic E-state index is -5.43. The lowest BCUT2D eigenvalue weighted by atomic mass is 10.1. The monoisotopic (exact) mass is 444 g/mol. The molecular formula is C16H24F3N2O5PS. The highest BCUT2D eigenvalue weighted by atomic mass is 32.2. The average molecular weight is 444 g/mol. The molecule has 0 radical (unpaired) electrons. The van der Waals surface area contributed by atoms with Crippen molar-refractivity contribution in [2.75, 3.05) is 31.5 Å². The predicted molar refractivity (Wildman–Crippen MR) is 99.4 cm³/mol. The number of halogens is 3. The lowest BCUT2D eigenvalue weighted by molar-refractivity contribution is -0.0435. The van der Waals surface area contributed by atoms with Crippen LogP contribution in [0.2, 0.25) is 0 Å². The van der Waals surface area contributed by atoms with Gasteiger partial charge in [-0.2, -0.15) is 13.2 Å². The topological polar surface area (TPSA) is 99.1 Å². The van der Waals surface area contributed by atoms with Crippen LogP contribution in [0.1, 0.15) is 24.8 Å². The summed E-state index contributed by atoms with van der Waals surface area (Å²) in [5.74, 6) is 0. The molecule has 1 heterocycles. The number of hydrogen-bond acceptors (Lipinski definition) is 7. The first-order chi connectivity index (χ1) is 13.0. The van der Waals surface area contributed by atoms with Gasteiger partial charge in [0, 0.05) is 19.6 Å². The van der Waals surface area contributed by atoms with Crippen LogP contribution in [-0.2, 0) is 14.4 Å². The second-order valence-corrected chi connectivity index (χ2v) is 9.25. The van der Waals surface area contributed by atoms with E-state index in [9.17, 15) is 21.6 Å². The smallest absolute Gasteiger partial charge is 0.384 e. The third-order valence-corrected chi connectivity index (χ3v) is 6.49. The van der Waals surface area contributed by atoms with Crippen molar-refractivity contribution in [2.45, 2.75) is 42.7 Å². The Bertz CT molecular complexity index is 753. The van der Waals surface area contributed by atoms with E-state index >= 15 is 0 Å². The van der Waals surface area contributed by atoms with Gasteiger partial charge in [-0.25, -0.2) is 8.42 Å². The Kier molecular flexibility index (Phi) is 8.06. The van der Waals surface area contributed by atoms with Crippen LogP contribution in [0, 0.1) is 6.92 Å². The van der Waals surface area contributed by atoms with E-state index in [4.69, 9.17) is 14.3 Å². The number of benzene rings is 1. The Hall–Kier alpha value is -0.970. The number of sulfone groups is 1. The summed E-state index contributed by atoms with van der Waals surface area (Å²) in [6.07, 6.45) is 1.76. The van der Waals surface area contributed by atoms with Crippen molar-refractivity contribution in [2.24, 2.45) is 0 Å². The Morgan fingerprint density at radius 1 is 1.29 bits per heavy atom. The number of rotatable bonds is 8. The molecule has 0 saturated carbocycles. The molecule has 0 amide bonds. The number of nitrogens with one attached hydrogen (secondary N) is 1. The summed E-state index contributed by atoms with van der Waals surface area (Å²) in [7, 11) is -7.79. The molecule has 0 unspecified atom stereocenters. The van der Waals surface area contributed by atoms with Crippen molar-refractivity contribution in [3.05, 3.63) is 23.8 Å². The summed E-state index contributed by atoms with van der Waals surface area (Å²) in [5, 5.41) is 2.80. The summed E-state index contributed by atoms with van der Waals surface area (Å²) >= 11 is 0. The van der Waals surface area contributed by atoms with Crippen molar-refractivity contribution in [3.63, 3.8) is 0 Å². The molecule has 1 saturated heterocycles. The maximum Gasteiger partial charge on any atom is 0.501 e. The molecule has 0 atom stereocenters. The molecule has 7 nitrogen and oxygen atoms in total. The molecule has 1 aromatic rings. The van der Waals surface area contributed by atoms with Gasteiger partial charge < -0.3 is 24.5 Å². The van der Waals surface area contributed by atoms with Crippen LogP contribution in [0.3, 0.4) is 0 Å². The second-order valence-electron chi connectivity index (χ2n) is 6.63. The number of hydrogen-bond donors (Lipinski definition) is 3. The first-order valence-corrected chi connectivity index (χ1v) is 11.4. The normalized spacial score (nSPS) is 17.2. The fraction of sp³-hybridized carbons (Fsp3) is 0.625. The van der Waals surface area contributed by atoms with Crippen LogP contribution in [-0.4, -0.2) is 60.9 Å². The van der Waals surface area contributed by atoms with Crippen LogP contribution >= 0.6 is 8.60 Å². The van der Waals surface area contributed by atoms with E-state index < -0.39 is 28.8 Å². The highest BCUT2D eigenvalue weighted by Crippen LogP contribution is 2.35. The average Bonchev–Trinajstić information content (AvgIpc) is 2.59. The lowest BCUT2D eigenvalue weighted by Crippen LogP contribution is -2.37. The molecule has 1 aliphatic rings. The molecule has 12 heteroatoms. The van der Waals surface area contributed by atoms with Crippen molar-refractivity contribution < 1.29 is 35.9 Å². The van der Waals surface area contributed by atoms with Crippen molar-refractivity contribution in [1.82, 2.24) is 4.90 Å². The van der Waals surface area contributed by atoms with Gasteiger partial charge in [-0.05, 0) is 50.4 Å². The zero-order chi connectivity index (χ0) is 20.9. The summed E-state index contributed by atoms with van der Waals surface area (Å²) in [4.78, 5) is 19.1. The maximum atomic E-state index is 12.9. The zero-order valence-corrected chi connectivity index (χ0v) is 17.0. The van der Waals surface area contributed by atoms with E-state index in [-0.39, 0.29) is 11.8 Å². The summed E-state index contributed by atoms with van der Waals surface area (Å²) in [5.41, 5.74) is -4.99. The van der Waals surface area contributed by atoms with Gasteiger partial charge in [0.15, 0.2) is 0 Å². The Balaban J connectivity index is 1.88. The van der Waals surface area contributed by atoms with Crippen LogP contribution in [0.25, 0.3) is 0 Å². The van der Waals surface area contributed by atoms with Gasteiger partial charge in [-0.1, -0.05) is 6.07 Å². The summed E-state index contributed by atoms with van der Waals surface area (Å²) < 4.78 is 67.3. The molecule has 28 heavy (non-hydrogen) atoms. The van der Waals surface area contributed by atoms with Crippen LogP contribution in [0.4, 0.5) is 18.9 Å². The maximum absolute atomic E-state index is 12.9. The second kappa shape index (κ2) is 9.69. The van der Waals surface area contributed by atoms with E-state index in [1.54, 1.807) is 6.07 Å². The van der Waals surface area contributed by atoms with Crippen LogP contribution in [0.15, 0.2) is 23.1 Å². The van der Waals surface area contributed by atoms with Crippen molar-refractivity contribution in [1.29, 1.82) is 0 Å². The molecule has 0 aliphatic carbocycles. The van der Waals surface area contributed by atoms with Crippen molar-refractivity contribution >= 4 is 24.1 Å². The molecule has 3 N–H and O–H groups in total. The number of nitrogens with zero attached hydrogens (tertiary/aromatic N) is 1. The van der Waals surface area contributed by atoms with Gasteiger partial charge in [0.1, 0.15) is 0 Å². The summed E-state index contributed by atoms with van der Waals surface area (Å²) in [6, 6.07) is 3.92. The third kappa shape index (κ3) is 6.27. The highest BCUT2D eigenvalue weighted by Gasteiger charge is 2.48. The van der Waals surface area contributed by atoms with Gasteiger partial charge in [-0.15, -0.1) is 0 Å². The molecular weight excluding hydrogens is 420 g/mol. The van der Waals surface area contributed by atoms with Gasteiger partial charge in [0.25, 0.3) is 9.84 Å². The number of likely N-dealkylation sites (tertiary alicyclic amines) is 1. The van der Waals surface area contributed by atoms with E-state index in [1.165, 1.54) is 13.0 Å². The molecule has 1 aromatic carbocycles. The van der Waals surface area contributed by atoms with Crippen molar-refractivity contribution in [3.8, 4) is 0 Å². The van der Waals surface area contributed by atoms with Crippen LogP contribution < -0.4 is 5.32 Å². The van der Waals surface area contributed by atoms with Gasteiger partial charge >= 0.3 is 14.1 Å². The SMILES string of the molecule is Cc1ccc(NCCCN2CCC(OP(O)O)CC2)c(S(=O)(=O)C(F)(F)F)c1. The minimum Gasteiger partial charge on any atom is -0.384 e. The molecule has 160 valence electrons. The minimum absolute atomic E-state index is 0.0609. The zero-order valence-electron chi connectivity index (χ0n) is 15.3. The van der Waals surface area contributed by atoms with E-state index in [0.29, 0.717) is 51.0 Å². The highest BCUT2D eigenvalue weighted by molar-refractivity contribution is 7.92. The molecule has 2 rings (SSSR count). The molecule has 0 bridgehead atoms. The number of piperidine rings is 1. The molecule has 0 spiro atoms. The first-order valence-electron chi connectivity index (χ1n) is 8.73. The van der Waals surface area contributed by atoms with Gasteiger partial charge in [0.05, 0.1) is 16.7 Å². The first kappa shape index (κ1) is 23.3. The third-order valence-electron chi connectivity index (χ3n) is 4.48. The lowest BCUT2D eigenvalue weighted by Gasteiger charge is -2.31. The molecule has 1 aliphatic heterocycles. The van der Waals surface area contributed by atoms with Gasteiger partial charge in [-0.3, -0.25) is 0 Å². The number of alkyl halides is 3. The number of anilines is 1.